The Morgan fingerprint density at radius 1 is 1.50 bits per heavy atom. The molecule has 0 fully saturated rings. The van der Waals surface area contributed by atoms with Crippen LogP contribution in [0.25, 0.3) is 0 Å². The predicted octanol–water partition coefficient (Wildman–Crippen LogP) is 2.57. The van der Waals surface area contributed by atoms with Crippen LogP contribution in [0.15, 0.2) is 36.4 Å². The van der Waals surface area contributed by atoms with Crippen LogP contribution in [0.1, 0.15) is 12.5 Å². The van der Waals surface area contributed by atoms with E-state index in [0.717, 1.165) is 12.2 Å². The van der Waals surface area contributed by atoms with E-state index in [9.17, 15) is 0 Å². The van der Waals surface area contributed by atoms with Crippen molar-refractivity contribution in [2.75, 3.05) is 18.5 Å². The lowest BCUT2D eigenvalue weighted by molar-refractivity contribution is 1.03. The molecule has 0 aliphatic rings. The highest BCUT2D eigenvalue weighted by atomic mass is 15.1. The van der Waals surface area contributed by atoms with Gasteiger partial charge in [0.1, 0.15) is 0 Å². The normalized spacial score (nSPS) is 10.1. The standard InChI is InChI=1S/C12H14N2/c1-3-4-8-14(2)12-7-5-6-11(9-12)10-13/h3-7,9H,8H2,1-2H3. The molecule has 0 aliphatic heterocycles. The average Bonchev–Trinajstić information content (AvgIpc) is 2.26. The van der Waals surface area contributed by atoms with E-state index >= 15 is 0 Å². The molecule has 0 heterocycles. The second-order valence-electron chi connectivity index (χ2n) is 3.11. The van der Waals surface area contributed by atoms with Crippen molar-refractivity contribution >= 4 is 5.69 Å². The maximum atomic E-state index is 8.74. The molecule has 1 rings (SSSR count). The van der Waals surface area contributed by atoms with Crippen molar-refractivity contribution in [3.63, 3.8) is 0 Å². The topological polar surface area (TPSA) is 27.0 Å². The SMILES string of the molecule is CC=CCN(C)c1cccc(C#N)c1. The maximum absolute atomic E-state index is 8.74. The van der Waals surface area contributed by atoms with E-state index in [-0.39, 0.29) is 0 Å². The molecular formula is C12H14N2. The molecule has 0 aromatic heterocycles. The molecular weight excluding hydrogens is 172 g/mol. The van der Waals surface area contributed by atoms with Crippen molar-refractivity contribution < 1.29 is 0 Å². The Kier molecular flexibility index (Phi) is 3.75. The molecule has 0 saturated heterocycles. The molecule has 0 bridgehead atoms. The molecule has 0 saturated carbocycles. The van der Waals surface area contributed by atoms with Gasteiger partial charge in [-0.3, -0.25) is 0 Å². The van der Waals surface area contributed by atoms with Crippen LogP contribution in [-0.2, 0) is 0 Å². The quantitative estimate of drug-likeness (QED) is 0.678. The van der Waals surface area contributed by atoms with Gasteiger partial charge in [-0.25, -0.2) is 0 Å². The zero-order chi connectivity index (χ0) is 10.4. The largest absolute Gasteiger partial charge is 0.371 e. The summed E-state index contributed by atoms with van der Waals surface area (Å²) in [7, 11) is 2.01. The number of allylic oxidation sites excluding steroid dienone is 1. The van der Waals surface area contributed by atoms with Gasteiger partial charge in [-0.2, -0.15) is 5.26 Å². The number of benzene rings is 1. The summed E-state index contributed by atoms with van der Waals surface area (Å²) in [5.74, 6) is 0. The highest BCUT2D eigenvalue weighted by molar-refractivity contribution is 5.51. The van der Waals surface area contributed by atoms with Gasteiger partial charge in [-0.15, -0.1) is 0 Å². The van der Waals surface area contributed by atoms with Crippen LogP contribution in [0.2, 0.25) is 0 Å². The third kappa shape index (κ3) is 2.63. The molecule has 0 spiro atoms. The lowest BCUT2D eigenvalue weighted by Crippen LogP contribution is -2.16. The van der Waals surface area contributed by atoms with E-state index in [1.54, 1.807) is 0 Å². The predicted molar refractivity (Wildman–Crippen MR) is 59.2 cm³/mol. The first-order valence-electron chi connectivity index (χ1n) is 4.60. The van der Waals surface area contributed by atoms with Gasteiger partial charge in [-0.05, 0) is 25.1 Å². The van der Waals surface area contributed by atoms with Gasteiger partial charge in [0.05, 0.1) is 11.6 Å². The molecule has 0 radical (unpaired) electrons. The molecule has 0 unspecified atom stereocenters. The molecule has 72 valence electrons. The van der Waals surface area contributed by atoms with E-state index < -0.39 is 0 Å². The fourth-order valence-electron chi connectivity index (χ4n) is 1.18. The van der Waals surface area contributed by atoms with Gasteiger partial charge in [-0.1, -0.05) is 18.2 Å². The van der Waals surface area contributed by atoms with Crippen molar-refractivity contribution in [2.45, 2.75) is 6.92 Å². The third-order valence-electron chi connectivity index (χ3n) is 2.03. The van der Waals surface area contributed by atoms with Crippen LogP contribution in [0.5, 0.6) is 0 Å². The Morgan fingerprint density at radius 2 is 2.29 bits per heavy atom. The van der Waals surface area contributed by atoms with E-state index in [2.05, 4.69) is 17.0 Å². The summed E-state index contributed by atoms with van der Waals surface area (Å²) in [6.45, 7) is 2.87. The molecule has 2 nitrogen and oxygen atoms in total. The first-order valence-corrected chi connectivity index (χ1v) is 4.60. The van der Waals surface area contributed by atoms with E-state index in [4.69, 9.17) is 5.26 Å². The Balaban J connectivity index is 2.80. The fraction of sp³-hybridized carbons (Fsp3) is 0.250. The summed E-state index contributed by atoms with van der Waals surface area (Å²) >= 11 is 0. The molecule has 1 aromatic rings. The van der Waals surface area contributed by atoms with Crippen LogP contribution in [0, 0.1) is 11.3 Å². The van der Waals surface area contributed by atoms with Gasteiger partial charge in [0.15, 0.2) is 0 Å². The van der Waals surface area contributed by atoms with Gasteiger partial charge < -0.3 is 4.90 Å². The van der Waals surface area contributed by atoms with Crippen molar-refractivity contribution in [1.82, 2.24) is 0 Å². The molecule has 1 aromatic carbocycles. The van der Waals surface area contributed by atoms with Crippen LogP contribution in [0.4, 0.5) is 5.69 Å². The number of nitriles is 1. The Bertz CT molecular complexity index is 361. The molecule has 0 aliphatic carbocycles. The van der Waals surface area contributed by atoms with Gasteiger partial charge >= 0.3 is 0 Å². The van der Waals surface area contributed by atoms with E-state index in [1.807, 2.05) is 44.3 Å². The summed E-state index contributed by atoms with van der Waals surface area (Å²) < 4.78 is 0. The molecule has 0 atom stereocenters. The number of hydrogen-bond acceptors (Lipinski definition) is 2. The van der Waals surface area contributed by atoms with E-state index in [1.165, 1.54) is 0 Å². The minimum atomic E-state index is 0.704. The third-order valence-corrected chi connectivity index (χ3v) is 2.03. The van der Waals surface area contributed by atoms with Gasteiger partial charge in [0.25, 0.3) is 0 Å². The molecule has 0 N–H and O–H groups in total. The molecule has 0 amide bonds. The van der Waals surface area contributed by atoms with Gasteiger partial charge in [0.2, 0.25) is 0 Å². The van der Waals surface area contributed by atoms with Crippen molar-refractivity contribution in [2.24, 2.45) is 0 Å². The van der Waals surface area contributed by atoms with Crippen LogP contribution in [-0.4, -0.2) is 13.6 Å². The second-order valence-corrected chi connectivity index (χ2v) is 3.11. The highest BCUT2D eigenvalue weighted by Crippen LogP contribution is 2.13. The van der Waals surface area contributed by atoms with Crippen LogP contribution < -0.4 is 4.90 Å². The Labute approximate surface area is 85.1 Å². The first-order chi connectivity index (χ1) is 6.77. The first kappa shape index (κ1) is 10.3. The smallest absolute Gasteiger partial charge is 0.0992 e. The van der Waals surface area contributed by atoms with Crippen molar-refractivity contribution in [1.29, 1.82) is 5.26 Å². The lowest BCUT2D eigenvalue weighted by Gasteiger charge is -2.16. The maximum Gasteiger partial charge on any atom is 0.0992 e. The average molecular weight is 186 g/mol. The summed E-state index contributed by atoms with van der Waals surface area (Å²) in [6.07, 6.45) is 4.10. The van der Waals surface area contributed by atoms with Gasteiger partial charge in [0, 0.05) is 19.3 Å². The Hall–Kier alpha value is -1.75. The van der Waals surface area contributed by atoms with Crippen LogP contribution in [0.3, 0.4) is 0 Å². The summed E-state index contributed by atoms with van der Waals surface area (Å²) in [6, 6.07) is 9.75. The molecule has 14 heavy (non-hydrogen) atoms. The minimum Gasteiger partial charge on any atom is -0.371 e. The lowest BCUT2D eigenvalue weighted by atomic mass is 10.2. The van der Waals surface area contributed by atoms with Crippen molar-refractivity contribution in [3.8, 4) is 6.07 Å². The highest BCUT2D eigenvalue weighted by Gasteiger charge is 1.98. The monoisotopic (exact) mass is 186 g/mol. The second kappa shape index (κ2) is 5.08. The number of likely N-dealkylation sites (N-methyl/N-ethyl adjacent to an activating group) is 1. The minimum absolute atomic E-state index is 0.704. The van der Waals surface area contributed by atoms with Crippen molar-refractivity contribution in [3.05, 3.63) is 42.0 Å². The van der Waals surface area contributed by atoms with E-state index in [0.29, 0.717) is 5.56 Å². The summed E-state index contributed by atoms with van der Waals surface area (Å²) in [5.41, 5.74) is 1.77. The zero-order valence-electron chi connectivity index (χ0n) is 8.57. The summed E-state index contributed by atoms with van der Waals surface area (Å²) in [5, 5.41) is 8.74. The van der Waals surface area contributed by atoms with Crippen LogP contribution >= 0.6 is 0 Å². The molecule has 2 heteroatoms. The number of anilines is 1. The Morgan fingerprint density at radius 3 is 2.93 bits per heavy atom. The number of rotatable bonds is 3. The number of hydrogen-bond donors (Lipinski definition) is 0. The number of nitrogens with zero attached hydrogens (tertiary/aromatic N) is 2. The zero-order valence-corrected chi connectivity index (χ0v) is 8.57. The summed E-state index contributed by atoms with van der Waals surface area (Å²) in [4.78, 5) is 2.10. The fourth-order valence-corrected chi connectivity index (χ4v) is 1.18.